The number of halogens is 3. The molecule has 3 fully saturated rings. The van der Waals surface area contributed by atoms with Gasteiger partial charge < -0.3 is 20.6 Å². The van der Waals surface area contributed by atoms with Gasteiger partial charge in [0, 0.05) is 19.0 Å². The van der Waals surface area contributed by atoms with Crippen molar-refractivity contribution < 1.29 is 42.2 Å². The van der Waals surface area contributed by atoms with E-state index in [0.29, 0.717) is 13.0 Å². The Labute approximate surface area is 189 Å². The molecule has 0 aromatic heterocycles. The lowest BCUT2D eigenvalue weighted by molar-refractivity contribution is -0.321. The minimum atomic E-state index is -5.03. The molecule has 0 radical (unpaired) electrons. The number of fused-ring (bicyclic) bond motifs is 1. The van der Waals surface area contributed by atoms with Crippen molar-refractivity contribution in [3.05, 3.63) is 0 Å². The highest BCUT2D eigenvalue weighted by molar-refractivity contribution is 5.96. The number of ketones is 1. The SMILES string of the molecule is CC(C)(O)C(=O)N1C[C@H]2[C@@H]([C@H]1C(=O)N[C@@H](C[C@@H]1CCNC1=O)C(=O)COC(F)(F)F)C2(C)C. The van der Waals surface area contributed by atoms with Crippen molar-refractivity contribution in [3.63, 3.8) is 0 Å². The van der Waals surface area contributed by atoms with E-state index in [4.69, 9.17) is 0 Å². The molecule has 12 heteroatoms. The van der Waals surface area contributed by atoms with Crippen LogP contribution >= 0.6 is 0 Å². The average Bonchev–Trinajstić information content (AvgIpc) is 3.05. The van der Waals surface area contributed by atoms with Crippen molar-refractivity contribution in [1.29, 1.82) is 0 Å². The van der Waals surface area contributed by atoms with E-state index >= 15 is 0 Å². The molecule has 3 N–H and O–H groups in total. The molecule has 0 aromatic rings. The van der Waals surface area contributed by atoms with Crippen molar-refractivity contribution >= 4 is 23.5 Å². The lowest BCUT2D eigenvalue weighted by Crippen LogP contribution is -2.57. The van der Waals surface area contributed by atoms with E-state index in [1.807, 2.05) is 13.8 Å². The number of amides is 3. The number of alkyl halides is 3. The first kappa shape index (κ1) is 25.4. The highest BCUT2D eigenvalue weighted by Gasteiger charge is 2.70. The van der Waals surface area contributed by atoms with Crippen LogP contribution in [0.1, 0.15) is 40.5 Å². The standard InChI is InChI=1S/C21H30F3N3O6/c1-19(2)11-8-27(18(31)20(3,4)32)15(14(11)19)17(30)26-12(7-10-5-6-25-16(10)29)13(28)9-33-21(22,23)24/h10-12,14-15,32H,5-9H2,1-4H3,(H,25,29)(H,26,30)/t10-,11-,12-,14-,15-/m0/s1. The third kappa shape index (κ3) is 5.32. The zero-order chi connectivity index (χ0) is 24.9. The van der Waals surface area contributed by atoms with Gasteiger partial charge in [0.25, 0.3) is 5.91 Å². The molecule has 2 heterocycles. The van der Waals surface area contributed by atoms with Crippen LogP contribution in [0.2, 0.25) is 0 Å². The number of Topliss-reactive ketones (excluding diaryl/α,β-unsaturated/α-hetero) is 1. The lowest BCUT2D eigenvalue weighted by Gasteiger charge is -2.34. The number of nitrogens with zero attached hydrogens (tertiary/aromatic N) is 1. The Morgan fingerprint density at radius 2 is 1.94 bits per heavy atom. The maximum atomic E-state index is 13.3. The van der Waals surface area contributed by atoms with Gasteiger partial charge in [0.05, 0.1) is 6.04 Å². The zero-order valence-electron chi connectivity index (χ0n) is 19.0. The van der Waals surface area contributed by atoms with Gasteiger partial charge in [-0.1, -0.05) is 13.8 Å². The summed E-state index contributed by atoms with van der Waals surface area (Å²) in [6.45, 7) is 5.80. The monoisotopic (exact) mass is 477 g/mol. The van der Waals surface area contributed by atoms with Crippen LogP contribution in [0.5, 0.6) is 0 Å². The van der Waals surface area contributed by atoms with Gasteiger partial charge in [-0.15, -0.1) is 13.2 Å². The summed E-state index contributed by atoms with van der Waals surface area (Å²) >= 11 is 0. The summed E-state index contributed by atoms with van der Waals surface area (Å²) in [5.41, 5.74) is -1.97. The van der Waals surface area contributed by atoms with E-state index in [1.54, 1.807) is 0 Å². The maximum Gasteiger partial charge on any atom is 0.522 e. The molecule has 3 aliphatic rings. The van der Waals surface area contributed by atoms with Gasteiger partial charge in [-0.3, -0.25) is 23.9 Å². The van der Waals surface area contributed by atoms with E-state index in [1.165, 1.54) is 18.7 Å². The van der Waals surface area contributed by atoms with E-state index in [9.17, 15) is 37.5 Å². The molecule has 9 nitrogen and oxygen atoms in total. The van der Waals surface area contributed by atoms with Gasteiger partial charge in [0.1, 0.15) is 18.2 Å². The summed E-state index contributed by atoms with van der Waals surface area (Å²) in [4.78, 5) is 51.8. The number of hydrogen-bond acceptors (Lipinski definition) is 6. The van der Waals surface area contributed by atoms with Gasteiger partial charge in [0.2, 0.25) is 11.8 Å². The van der Waals surface area contributed by atoms with Crippen molar-refractivity contribution in [2.75, 3.05) is 19.7 Å². The Morgan fingerprint density at radius 1 is 1.30 bits per heavy atom. The predicted octanol–water partition coefficient (Wildman–Crippen LogP) is 0.357. The quantitative estimate of drug-likeness (QED) is 0.464. The summed E-state index contributed by atoms with van der Waals surface area (Å²) in [7, 11) is 0. The molecular weight excluding hydrogens is 447 g/mol. The van der Waals surface area contributed by atoms with Crippen LogP contribution < -0.4 is 10.6 Å². The number of carbonyl (C=O) groups is 4. The number of piperidine rings is 1. The zero-order valence-corrected chi connectivity index (χ0v) is 19.0. The lowest BCUT2D eigenvalue weighted by atomic mass is 9.94. The van der Waals surface area contributed by atoms with Crippen LogP contribution in [0.15, 0.2) is 0 Å². The molecule has 2 saturated heterocycles. The van der Waals surface area contributed by atoms with Crippen LogP contribution in [-0.4, -0.2) is 77.3 Å². The molecule has 1 saturated carbocycles. The van der Waals surface area contributed by atoms with Crippen molar-refractivity contribution in [3.8, 4) is 0 Å². The molecule has 3 rings (SSSR count). The first-order chi connectivity index (χ1) is 15.0. The Morgan fingerprint density at radius 3 is 2.45 bits per heavy atom. The molecule has 1 aliphatic carbocycles. The molecular formula is C21H30F3N3O6. The van der Waals surface area contributed by atoms with Crippen LogP contribution in [0.3, 0.4) is 0 Å². The third-order valence-corrected chi connectivity index (χ3v) is 7.03. The smallest absolute Gasteiger partial charge is 0.381 e. The number of rotatable bonds is 8. The highest BCUT2D eigenvalue weighted by atomic mass is 19.4. The van der Waals surface area contributed by atoms with Gasteiger partial charge in [-0.2, -0.15) is 0 Å². The molecule has 186 valence electrons. The molecule has 0 spiro atoms. The molecule has 5 atom stereocenters. The third-order valence-electron chi connectivity index (χ3n) is 7.03. The summed E-state index contributed by atoms with van der Waals surface area (Å²) in [6.07, 6.45) is -4.83. The van der Waals surface area contributed by atoms with Crippen LogP contribution in [-0.2, 0) is 23.9 Å². The van der Waals surface area contributed by atoms with Gasteiger partial charge >= 0.3 is 6.36 Å². The Bertz CT molecular complexity index is 838. The molecule has 0 unspecified atom stereocenters. The normalized spacial score (nSPS) is 29.3. The highest BCUT2D eigenvalue weighted by Crippen LogP contribution is 2.65. The number of likely N-dealkylation sites (tertiary alicyclic amines) is 1. The van der Waals surface area contributed by atoms with Crippen molar-refractivity contribution in [2.45, 2.75) is 64.6 Å². The van der Waals surface area contributed by atoms with Crippen molar-refractivity contribution in [1.82, 2.24) is 15.5 Å². The number of ether oxygens (including phenoxy) is 1. The maximum absolute atomic E-state index is 13.3. The van der Waals surface area contributed by atoms with Gasteiger partial charge in [0.15, 0.2) is 5.78 Å². The molecule has 33 heavy (non-hydrogen) atoms. The number of nitrogens with one attached hydrogen (secondary N) is 2. The first-order valence-corrected chi connectivity index (χ1v) is 10.9. The predicted molar refractivity (Wildman–Crippen MR) is 107 cm³/mol. The second-order valence-electron chi connectivity index (χ2n) is 10.2. The van der Waals surface area contributed by atoms with E-state index in [0.717, 1.165) is 0 Å². The Hall–Kier alpha value is -2.21. The largest absolute Gasteiger partial charge is 0.522 e. The fourth-order valence-corrected chi connectivity index (χ4v) is 5.08. The molecule has 3 amide bonds. The van der Waals surface area contributed by atoms with E-state index in [-0.39, 0.29) is 36.1 Å². The fraction of sp³-hybridized carbons (Fsp3) is 0.810. The second-order valence-corrected chi connectivity index (χ2v) is 10.2. The van der Waals surface area contributed by atoms with E-state index < -0.39 is 54.2 Å². The Kier molecular flexibility index (Phi) is 6.57. The summed E-state index contributed by atoms with van der Waals surface area (Å²) < 4.78 is 41.0. The van der Waals surface area contributed by atoms with Crippen molar-refractivity contribution in [2.24, 2.45) is 23.2 Å². The second kappa shape index (κ2) is 8.53. The molecule has 0 aromatic carbocycles. The van der Waals surface area contributed by atoms with Crippen LogP contribution in [0.25, 0.3) is 0 Å². The van der Waals surface area contributed by atoms with Crippen LogP contribution in [0, 0.1) is 23.2 Å². The minimum absolute atomic E-state index is 0.0166. The summed E-state index contributed by atoms with van der Waals surface area (Å²) in [5.74, 6) is -3.57. The molecule has 2 aliphatic heterocycles. The van der Waals surface area contributed by atoms with Gasteiger partial charge in [-0.25, -0.2) is 0 Å². The topological polar surface area (TPSA) is 125 Å². The summed E-state index contributed by atoms with van der Waals surface area (Å²) in [6, 6.07) is -2.38. The number of carbonyl (C=O) groups excluding carboxylic acids is 4. The number of aliphatic hydroxyl groups is 1. The summed E-state index contributed by atoms with van der Waals surface area (Å²) in [5, 5.41) is 15.2. The Balaban J connectivity index is 1.79. The van der Waals surface area contributed by atoms with Gasteiger partial charge in [-0.05, 0) is 43.9 Å². The average molecular weight is 477 g/mol. The first-order valence-electron chi connectivity index (χ1n) is 10.9. The van der Waals surface area contributed by atoms with E-state index in [2.05, 4.69) is 15.4 Å². The molecule has 0 bridgehead atoms. The minimum Gasteiger partial charge on any atom is -0.381 e. The van der Waals surface area contributed by atoms with Crippen LogP contribution in [0.4, 0.5) is 13.2 Å². The fourth-order valence-electron chi connectivity index (χ4n) is 5.08. The number of hydrogen-bond donors (Lipinski definition) is 3.